The minimum Gasteiger partial charge on any atom is -0.326 e. The highest BCUT2D eigenvalue weighted by Crippen LogP contribution is 2.33. The summed E-state index contributed by atoms with van der Waals surface area (Å²) in [6, 6.07) is 15.0. The maximum Gasteiger partial charge on any atom is 0.266 e. The zero-order valence-electron chi connectivity index (χ0n) is 15.3. The van der Waals surface area contributed by atoms with E-state index in [-0.39, 0.29) is 24.8 Å². The van der Waals surface area contributed by atoms with Crippen LogP contribution in [0.4, 0.5) is 5.69 Å². The van der Waals surface area contributed by atoms with Crippen LogP contribution >= 0.6 is 35.6 Å². The number of nitrogens with one attached hydrogen (secondary N) is 1. The lowest BCUT2D eigenvalue weighted by molar-refractivity contribution is -0.122. The Hall–Kier alpha value is -2.15. The molecule has 0 radical (unpaired) electrons. The molecule has 3 rings (SSSR count). The van der Waals surface area contributed by atoms with E-state index in [9.17, 15) is 9.59 Å². The molecule has 0 atom stereocenters. The lowest BCUT2D eigenvalue weighted by Crippen LogP contribution is -2.31. The van der Waals surface area contributed by atoms with Gasteiger partial charge in [-0.2, -0.15) is 0 Å². The van der Waals surface area contributed by atoms with E-state index in [1.165, 1.54) is 16.7 Å². The van der Waals surface area contributed by atoms with E-state index in [0.29, 0.717) is 14.2 Å². The van der Waals surface area contributed by atoms with Gasteiger partial charge in [-0.1, -0.05) is 78.9 Å². The van der Waals surface area contributed by atoms with Crippen LogP contribution in [0.15, 0.2) is 53.4 Å². The first kappa shape index (κ1) is 20.6. The first-order valence-electron chi connectivity index (χ1n) is 8.87. The molecule has 1 fully saturated rings. The highest BCUT2D eigenvalue weighted by Gasteiger charge is 2.32. The fourth-order valence-electron chi connectivity index (χ4n) is 2.80. The number of amides is 2. The molecule has 7 heteroatoms. The number of rotatable bonds is 6. The molecule has 2 amide bonds. The predicted octanol–water partition coefficient (Wildman–Crippen LogP) is 5.13. The number of carbonyl (C=O) groups is 2. The molecule has 0 unspecified atom stereocenters. The number of hydrogen-bond donors (Lipinski definition) is 1. The van der Waals surface area contributed by atoms with Gasteiger partial charge >= 0.3 is 0 Å². The molecule has 0 spiro atoms. The monoisotopic (exact) mass is 430 g/mol. The van der Waals surface area contributed by atoms with E-state index in [1.807, 2.05) is 49.4 Å². The van der Waals surface area contributed by atoms with Crippen LogP contribution < -0.4 is 5.32 Å². The van der Waals surface area contributed by atoms with Crippen LogP contribution in [0.2, 0.25) is 5.02 Å². The van der Waals surface area contributed by atoms with Crippen LogP contribution in [0.1, 0.15) is 24.5 Å². The Balaban J connectivity index is 1.63. The van der Waals surface area contributed by atoms with Crippen molar-refractivity contribution in [3.63, 3.8) is 0 Å². The Morgan fingerprint density at radius 3 is 2.68 bits per heavy atom. The number of aryl methyl sites for hydroxylation is 1. The third-order valence-corrected chi connectivity index (χ3v) is 6.02. The van der Waals surface area contributed by atoms with Gasteiger partial charge in [0.1, 0.15) is 4.32 Å². The van der Waals surface area contributed by atoms with Crippen molar-refractivity contribution in [1.82, 2.24) is 4.90 Å². The summed E-state index contributed by atoms with van der Waals surface area (Å²) in [6.07, 6.45) is 2.74. The second kappa shape index (κ2) is 9.37. The van der Waals surface area contributed by atoms with E-state index in [0.717, 1.165) is 23.2 Å². The van der Waals surface area contributed by atoms with E-state index in [1.54, 1.807) is 12.1 Å². The number of thioether (sulfide) groups is 1. The SMILES string of the molecule is CCc1ccccc1NC(=O)CCN1C(=O)/C(=C\c2ccccc2Cl)SC1=S. The van der Waals surface area contributed by atoms with Gasteiger partial charge in [0.15, 0.2) is 0 Å². The maximum atomic E-state index is 12.7. The summed E-state index contributed by atoms with van der Waals surface area (Å²) in [6.45, 7) is 2.28. The van der Waals surface area contributed by atoms with Crippen molar-refractivity contribution in [2.75, 3.05) is 11.9 Å². The van der Waals surface area contributed by atoms with Crippen LogP contribution in [-0.2, 0) is 16.0 Å². The Morgan fingerprint density at radius 1 is 1.21 bits per heavy atom. The van der Waals surface area contributed by atoms with Crippen molar-refractivity contribution in [1.29, 1.82) is 0 Å². The van der Waals surface area contributed by atoms with Gasteiger partial charge in [-0.15, -0.1) is 0 Å². The van der Waals surface area contributed by atoms with Crippen LogP contribution in [0, 0.1) is 0 Å². The minimum absolute atomic E-state index is 0.148. The van der Waals surface area contributed by atoms with Gasteiger partial charge in [-0.3, -0.25) is 14.5 Å². The molecule has 4 nitrogen and oxygen atoms in total. The van der Waals surface area contributed by atoms with Crippen LogP contribution in [0.3, 0.4) is 0 Å². The van der Waals surface area contributed by atoms with E-state index < -0.39 is 0 Å². The summed E-state index contributed by atoms with van der Waals surface area (Å²) < 4.78 is 0.449. The zero-order valence-corrected chi connectivity index (χ0v) is 17.7. The normalized spacial score (nSPS) is 15.4. The molecule has 1 heterocycles. The van der Waals surface area contributed by atoms with Crippen molar-refractivity contribution in [3.8, 4) is 0 Å². The third kappa shape index (κ3) is 4.82. The van der Waals surface area contributed by atoms with Gasteiger partial charge in [-0.25, -0.2) is 0 Å². The molecule has 2 aromatic rings. The summed E-state index contributed by atoms with van der Waals surface area (Å²) >= 11 is 12.7. The number of para-hydroxylation sites is 1. The average molecular weight is 431 g/mol. The number of carbonyl (C=O) groups excluding carboxylic acids is 2. The quantitative estimate of drug-likeness (QED) is 0.509. The van der Waals surface area contributed by atoms with E-state index >= 15 is 0 Å². The van der Waals surface area contributed by atoms with E-state index in [4.69, 9.17) is 23.8 Å². The summed E-state index contributed by atoms with van der Waals surface area (Å²) in [5, 5.41) is 3.49. The summed E-state index contributed by atoms with van der Waals surface area (Å²) in [7, 11) is 0. The molecule has 0 bridgehead atoms. The number of hydrogen-bond acceptors (Lipinski definition) is 4. The number of thiocarbonyl (C=S) groups is 1. The van der Waals surface area contributed by atoms with Crippen molar-refractivity contribution in [2.24, 2.45) is 0 Å². The largest absolute Gasteiger partial charge is 0.326 e. The van der Waals surface area contributed by atoms with Crippen molar-refractivity contribution in [2.45, 2.75) is 19.8 Å². The number of benzene rings is 2. The molecular formula is C21H19ClN2O2S2. The molecule has 0 aliphatic carbocycles. The van der Waals surface area contributed by atoms with Crippen molar-refractivity contribution >= 4 is 63.5 Å². The molecule has 144 valence electrons. The molecule has 1 aliphatic heterocycles. The zero-order chi connectivity index (χ0) is 20.1. The molecule has 1 N–H and O–H groups in total. The lowest BCUT2D eigenvalue weighted by atomic mass is 10.1. The van der Waals surface area contributed by atoms with Crippen LogP contribution in [-0.4, -0.2) is 27.6 Å². The molecule has 0 aromatic heterocycles. The van der Waals surface area contributed by atoms with Crippen molar-refractivity contribution < 1.29 is 9.59 Å². The molecule has 1 aliphatic rings. The highest BCUT2D eigenvalue weighted by molar-refractivity contribution is 8.26. The summed E-state index contributed by atoms with van der Waals surface area (Å²) in [5.74, 6) is -0.346. The Morgan fingerprint density at radius 2 is 1.93 bits per heavy atom. The lowest BCUT2D eigenvalue weighted by Gasteiger charge is -2.15. The number of nitrogens with zero attached hydrogens (tertiary/aromatic N) is 1. The predicted molar refractivity (Wildman–Crippen MR) is 120 cm³/mol. The molecular weight excluding hydrogens is 412 g/mol. The van der Waals surface area contributed by atoms with E-state index in [2.05, 4.69) is 5.32 Å². The number of anilines is 1. The first-order chi connectivity index (χ1) is 13.5. The Labute approximate surface area is 178 Å². The fraction of sp³-hybridized carbons (Fsp3) is 0.190. The van der Waals surface area contributed by atoms with Gasteiger partial charge in [0.2, 0.25) is 5.91 Å². The highest BCUT2D eigenvalue weighted by atomic mass is 35.5. The topological polar surface area (TPSA) is 49.4 Å². The average Bonchev–Trinajstić information content (AvgIpc) is 2.95. The second-order valence-corrected chi connectivity index (χ2v) is 8.25. The minimum atomic E-state index is -0.198. The van der Waals surface area contributed by atoms with Gasteiger partial charge in [-0.05, 0) is 35.8 Å². The Bertz CT molecular complexity index is 959. The molecule has 0 saturated carbocycles. The van der Waals surface area contributed by atoms with Gasteiger partial charge in [0.25, 0.3) is 5.91 Å². The van der Waals surface area contributed by atoms with Gasteiger partial charge in [0, 0.05) is 23.7 Å². The van der Waals surface area contributed by atoms with Crippen molar-refractivity contribution in [3.05, 3.63) is 69.6 Å². The summed E-state index contributed by atoms with van der Waals surface area (Å²) in [4.78, 5) is 27.0. The third-order valence-electron chi connectivity index (χ3n) is 4.30. The smallest absolute Gasteiger partial charge is 0.266 e. The summed E-state index contributed by atoms with van der Waals surface area (Å²) in [5.41, 5.74) is 2.64. The maximum absolute atomic E-state index is 12.7. The first-order valence-corrected chi connectivity index (χ1v) is 10.5. The molecule has 2 aromatic carbocycles. The van der Waals surface area contributed by atoms with Gasteiger partial charge in [0.05, 0.1) is 4.91 Å². The Kier molecular flexibility index (Phi) is 6.88. The van der Waals surface area contributed by atoms with Crippen LogP contribution in [0.5, 0.6) is 0 Å². The van der Waals surface area contributed by atoms with Crippen LogP contribution in [0.25, 0.3) is 6.08 Å². The molecule has 28 heavy (non-hydrogen) atoms. The number of halogens is 1. The van der Waals surface area contributed by atoms with Gasteiger partial charge < -0.3 is 5.32 Å². The second-order valence-electron chi connectivity index (χ2n) is 6.16. The molecule has 1 saturated heterocycles. The standard InChI is InChI=1S/C21H19ClN2O2S2/c1-2-14-7-4-6-10-17(14)23-19(25)11-12-24-20(26)18(28-21(24)27)13-15-8-3-5-9-16(15)22/h3-10,13H,2,11-12H2,1H3,(H,23,25)/b18-13+. The fourth-order valence-corrected chi connectivity index (χ4v) is 4.29.